The average molecular weight is 277 g/mol. The van der Waals surface area contributed by atoms with Gasteiger partial charge in [0.15, 0.2) is 0 Å². The highest BCUT2D eigenvalue weighted by Gasteiger charge is 2.24. The van der Waals surface area contributed by atoms with Gasteiger partial charge in [-0.25, -0.2) is 0 Å². The molecule has 21 heavy (non-hydrogen) atoms. The molecule has 1 aromatic heterocycles. The third-order valence-electron chi connectivity index (χ3n) is 4.35. The molecule has 4 rings (SSSR count). The molecule has 2 heterocycles. The minimum Gasteiger partial charge on any atom is -0.483 e. The fraction of sp³-hybridized carbons (Fsp3) is 0.263. The van der Waals surface area contributed by atoms with Gasteiger partial charge >= 0.3 is 0 Å². The van der Waals surface area contributed by atoms with Gasteiger partial charge in [0, 0.05) is 34.4 Å². The number of benzene rings is 2. The highest BCUT2D eigenvalue weighted by molar-refractivity contribution is 6.13. The van der Waals surface area contributed by atoms with Gasteiger partial charge in [0.2, 0.25) is 0 Å². The third kappa shape index (κ3) is 1.72. The number of rotatable bonds is 0. The Labute approximate surface area is 124 Å². The van der Waals surface area contributed by atoms with Gasteiger partial charge < -0.3 is 9.30 Å². The van der Waals surface area contributed by atoms with Crippen molar-refractivity contribution in [1.82, 2.24) is 4.57 Å². The number of fused-ring (bicyclic) bond motifs is 5. The van der Waals surface area contributed by atoms with Crippen LogP contribution in [0.1, 0.15) is 25.0 Å². The Hall–Kier alpha value is -2.22. The number of ether oxygens (including phenoxy) is 1. The largest absolute Gasteiger partial charge is 0.483 e. The average Bonchev–Trinajstić information content (AvgIpc) is 2.70. The molecule has 2 heteroatoms. The highest BCUT2D eigenvalue weighted by atomic mass is 16.5. The molecule has 0 amide bonds. The van der Waals surface area contributed by atoms with Crippen LogP contribution in [0.5, 0.6) is 5.75 Å². The maximum absolute atomic E-state index is 6.12. The van der Waals surface area contributed by atoms with Gasteiger partial charge in [-0.3, -0.25) is 0 Å². The Kier molecular flexibility index (Phi) is 2.33. The minimum atomic E-state index is -0.235. The van der Waals surface area contributed by atoms with Crippen molar-refractivity contribution in [3.63, 3.8) is 0 Å². The summed E-state index contributed by atoms with van der Waals surface area (Å²) in [5.41, 5.74) is 4.77. The lowest BCUT2D eigenvalue weighted by atomic mass is 9.98. The summed E-state index contributed by atoms with van der Waals surface area (Å²) in [5.74, 6) is 0.976. The van der Waals surface area contributed by atoms with Crippen LogP contribution in [0.15, 0.2) is 36.4 Å². The zero-order chi connectivity index (χ0) is 14.8. The van der Waals surface area contributed by atoms with Gasteiger partial charge in [-0.2, -0.15) is 0 Å². The van der Waals surface area contributed by atoms with Crippen molar-refractivity contribution in [2.45, 2.75) is 26.4 Å². The summed E-state index contributed by atoms with van der Waals surface area (Å²) < 4.78 is 8.38. The number of nitrogens with zero attached hydrogens (tertiary/aromatic N) is 1. The molecule has 3 aromatic rings. The summed E-state index contributed by atoms with van der Waals surface area (Å²) in [4.78, 5) is 0. The van der Waals surface area contributed by atoms with E-state index in [-0.39, 0.29) is 5.60 Å². The van der Waals surface area contributed by atoms with Crippen LogP contribution in [0, 0.1) is 6.92 Å². The highest BCUT2D eigenvalue weighted by Crippen LogP contribution is 2.40. The van der Waals surface area contributed by atoms with Gasteiger partial charge in [-0.05, 0) is 51.1 Å². The van der Waals surface area contributed by atoms with E-state index < -0.39 is 0 Å². The first-order valence-corrected chi connectivity index (χ1v) is 7.36. The predicted octanol–water partition coefficient (Wildman–Crippen LogP) is 4.82. The molecule has 1 aliphatic rings. The van der Waals surface area contributed by atoms with Crippen molar-refractivity contribution < 1.29 is 4.74 Å². The van der Waals surface area contributed by atoms with Gasteiger partial charge in [0.1, 0.15) is 11.4 Å². The smallest absolute Gasteiger partial charge is 0.128 e. The molecule has 0 N–H and O–H groups in total. The Bertz CT molecular complexity index is 912. The zero-order valence-corrected chi connectivity index (χ0v) is 12.9. The van der Waals surface area contributed by atoms with E-state index in [1.54, 1.807) is 0 Å². The SMILES string of the molecule is Cc1ccc2c(c1)c1c3c(ccc1n2C)OC(C)(C)C=C3. The Morgan fingerprint density at radius 1 is 1.05 bits per heavy atom. The Morgan fingerprint density at radius 3 is 2.62 bits per heavy atom. The molecule has 0 bridgehead atoms. The molecule has 106 valence electrons. The van der Waals surface area contributed by atoms with Crippen molar-refractivity contribution in [1.29, 1.82) is 0 Å². The molecular weight excluding hydrogens is 258 g/mol. The summed E-state index contributed by atoms with van der Waals surface area (Å²) in [6, 6.07) is 10.9. The van der Waals surface area contributed by atoms with Crippen LogP contribution in [0.25, 0.3) is 27.9 Å². The molecule has 0 unspecified atom stereocenters. The monoisotopic (exact) mass is 277 g/mol. The second kappa shape index (κ2) is 3.91. The standard InChI is InChI=1S/C19H19NO/c1-12-5-6-15-14(11-12)18-13-9-10-19(2,3)21-17(13)8-7-16(18)20(15)4/h5-11H,1-4H3. The summed E-state index contributed by atoms with van der Waals surface area (Å²) in [6.45, 7) is 6.32. The second-order valence-electron chi connectivity index (χ2n) is 6.49. The molecular formula is C19H19NO. The van der Waals surface area contributed by atoms with E-state index in [4.69, 9.17) is 4.74 Å². The van der Waals surface area contributed by atoms with E-state index in [0.29, 0.717) is 0 Å². The number of aromatic nitrogens is 1. The molecule has 0 aliphatic carbocycles. The van der Waals surface area contributed by atoms with E-state index in [9.17, 15) is 0 Å². The topological polar surface area (TPSA) is 14.2 Å². The van der Waals surface area contributed by atoms with Crippen molar-refractivity contribution in [2.75, 3.05) is 0 Å². The molecule has 0 radical (unpaired) electrons. The molecule has 1 aliphatic heterocycles. The van der Waals surface area contributed by atoms with Gasteiger partial charge in [0.25, 0.3) is 0 Å². The lowest BCUT2D eigenvalue weighted by Gasteiger charge is -2.28. The number of aryl methyl sites for hydroxylation is 2. The van der Waals surface area contributed by atoms with Crippen molar-refractivity contribution in [3.05, 3.63) is 47.5 Å². The van der Waals surface area contributed by atoms with E-state index in [1.165, 1.54) is 32.9 Å². The fourth-order valence-corrected chi connectivity index (χ4v) is 3.28. The van der Waals surface area contributed by atoms with Crippen LogP contribution < -0.4 is 4.74 Å². The second-order valence-corrected chi connectivity index (χ2v) is 6.49. The number of hydrogen-bond acceptors (Lipinski definition) is 1. The quantitative estimate of drug-likeness (QED) is 0.574. The van der Waals surface area contributed by atoms with Gasteiger partial charge in [0.05, 0.1) is 0 Å². The van der Waals surface area contributed by atoms with E-state index >= 15 is 0 Å². The first kappa shape index (κ1) is 12.5. The Morgan fingerprint density at radius 2 is 1.81 bits per heavy atom. The van der Waals surface area contributed by atoms with Crippen LogP contribution in [-0.4, -0.2) is 10.2 Å². The van der Waals surface area contributed by atoms with E-state index in [0.717, 1.165) is 5.75 Å². The molecule has 0 fully saturated rings. The van der Waals surface area contributed by atoms with E-state index in [2.05, 4.69) is 74.9 Å². The Balaban J connectivity index is 2.17. The van der Waals surface area contributed by atoms with Gasteiger partial charge in [-0.1, -0.05) is 17.7 Å². The summed E-state index contributed by atoms with van der Waals surface area (Å²) >= 11 is 0. The third-order valence-corrected chi connectivity index (χ3v) is 4.35. The van der Waals surface area contributed by atoms with Crippen LogP contribution in [0.4, 0.5) is 0 Å². The molecule has 0 saturated carbocycles. The summed E-state index contributed by atoms with van der Waals surface area (Å²) in [7, 11) is 2.13. The molecule has 0 spiro atoms. The first-order chi connectivity index (χ1) is 9.96. The van der Waals surface area contributed by atoms with Crippen molar-refractivity contribution in [3.8, 4) is 5.75 Å². The minimum absolute atomic E-state index is 0.235. The van der Waals surface area contributed by atoms with E-state index in [1.807, 2.05) is 0 Å². The number of hydrogen-bond donors (Lipinski definition) is 0. The maximum atomic E-state index is 6.12. The fourth-order valence-electron chi connectivity index (χ4n) is 3.28. The van der Waals surface area contributed by atoms with Crippen molar-refractivity contribution >= 4 is 27.9 Å². The molecule has 0 saturated heterocycles. The lowest BCUT2D eigenvalue weighted by molar-refractivity contribution is 0.159. The zero-order valence-electron chi connectivity index (χ0n) is 12.9. The molecule has 0 atom stereocenters. The van der Waals surface area contributed by atoms with Crippen LogP contribution >= 0.6 is 0 Å². The van der Waals surface area contributed by atoms with Crippen molar-refractivity contribution in [2.24, 2.45) is 7.05 Å². The van der Waals surface area contributed by atoms with Crippen LogP contribution in [-0.2, 0) is 7.05 Å². The molecule has 2 nitrogen and oxygen atoms in total. The maximum Gasteiger partial charge on any atom is 0.128 e. The van der Waals surface area contributed by atoms with Gasteiger partial charge in [-0.15, -0.1) is 0 Å². The first-order valence-electron chi connectivity index (χ1n) is 7.36. The molecule has 2 aromatic carbocycles. The van der Waals surface area contributed by atoms with Crippen LogP contribution in [0.2, 0.25) is 0 Å². The normalized spacial score (nSPS) is 16.2. The lowest BCUT2D eigenvalue weighted by Crippen LogP contribution is -2.27. The summed E-state index contributed by atoms with van der Waals surface area (Å²) in [6.07, 6.45) is 4.35. The summed E-state index contributed by atoms with van der Waals surface area (Å²) in [5, 5.41) is 2.60. The predicted molar refractivity (Wildman–Crippen MR) is 88.9 cm³/mol. The van der Waals surface area contributed by atoms with Crippen LogP contribution in [0.3, 0.4) is 0 Å².